The molecule has 0 radical (unpaired) electrons. The van der Waals surface area contributed by atoms with Gasteiger partial charge in [-0.05, 0) is 37.1 Å². The summed E-state index contributed by atoms with van der Waals surface area (Å²) in [6.45, 7) is 11.0. The number of guanidine groups is 1. The molecule has 0 amide bonds. The van der Waals surface area contributed by atoms with Crippen molar-refractivity contribution in [3.63, 3.8) is 0 Å². The van der Waals surface area contributed by atoms with E-state index in [9.17, 15) is 0 Å². The quantitative estimate of drug-likeness (QED) is 0.426. The fourth-order valence-corrected chi connectivity index (χ4v) is 2.60. The summed E-state index contributed by atoms with van der Waals surface area (Å²) in [6, 6.07) is 6.11. The van der Waals surface area contributed by atoms with Gasteiger partial charge in [0.15, 0.2) is 5.96 Å². The Balaban J connectivity index is 0.00000264. The molecule has 1 heterocycles. The van der Waals surface area contributed by atoms with E-state index in [-0.39, 0.29) is 29.4 Å². The summed E-state index contributed by atoms with van der Waals surface area (Å²) in [6.07, 6.45) is 0. The van der Waals surface area contributed by atoms with Crippen molar-refractivity contribution in [2.45, 2.75) is 46.6 Å². The molecular weight excluding hydrogens is 421 g/mol. The molecular formula is C16H24IN5S. The van der Waals surface area contributed by atoms with Gasteiger partial charge in [-0.15, -0.1) is 34.2 Å². The van der Waals surface area contributed by atoms with E-state index in [1.165, 1.54) is 11.1 Å². The summed E-state index contributed by atoms with van der Waals surface area (Å²) >= 11 is 1.58. The average Bonchev–Trinajstić information content (AvgIpc) is 2.89. The van der Waals surface area contributed by atoms with Gasteiger partial charge in [-0.1, -0.05) is 38.2 Å². The zero-order valence-corrected chi connectivity index (χ0v) is 17.3. The average molecular weight is 445 g/mol. The molecule has 1 aromatic heterocycles. The van der Waals surface area contributed by atoms with E-state index in [1.54, 1.807) is 11.3 Å². The second-order valence-corrected chi connectivity index (χ2v) is 7.44. The molecule has 126 valence electrons. The van der Waals surface area contributed by atoms with Gasteiger partial charge in [0.1, 0.15) is 10.0 Å². The van der Waals surface area contributed by atoms with Crippen LogP contribution >= 0.6 is 35.3 Å². The Morgan fingerprint density at radius 1 is 1.22 bits per heavy atom. The van der Waals surface area contributed by atoms with E-state index in [1.807, 2.05) is 6.07 Å². The van der Waals surface area contributed by atoms with Crippen LogP contribution in [0.1, 0.15) is 41.9 Å². The van der Waals surface area contributed by atoms with E-state index in [0.29, 0.717) is 12.5 Å². The molecule has 2 aromatic rings. The predicted octanol–water partition coefficient (Wildman–Crippen LogP) is 4.00. The molecule has 23 heavy (non-hydrogen) atoms. The van der Waals surface area contributed by atoms with Crippen LogP contribution in [0.25, 0.3) is 0 Å². The molecule has 0 unspecified atom stereocenters. The second kappa shape index (κ2) is 8.05. The lowest BCUT2D eigenvalue weighted by atomic mass is 9.98. The predicted molar refractivity (Wildman–Crippen MR) is 109 cm³/mol. The van der Waals surface area contributed by atoms with Crippen LogP contribution in [0.5, 0.6) is 0 Å². The van der Waals surface area contributed by atoms with Crippen LogP contribution in [0.4, 0.5) is 5.69 Å². The van der Waals surface area contributed by atoms with Crippen LogP contribution in [0.2, 0.25) is 0 Å². The zero-order chi connectivity index (χ0) is 16.3. The number of hydrogen-bond donors (Lipinski definition) is 2. The van der Waals surface area contributed by atoms with Gasteiger partial charge in [0.2, 0.25) is 0 Å². The lowest BCUT2D eigenvalue weighted by Crippen LogP contribution is -2.22. The Morgan fingerprint density at radius 2 is 1.91 bits per heavy atom. The molecule has 0 bridgehead atoms. The van der Waals surface area contributed by atoms with E-state index in [0.717, 1.165) is 15.7 Å². The Labute approximate surface area is 158 Å². The second-order valence-electron chi connectivity index (χ2n) is 6.38. The van der Waals surface area contributed by atoms with Gasteiger partial charge in [0.25, 0.3) is 0 Å². The summed E-state index contributed by atoms with van der Waals surface area (Å²) in [5, 5.41) is 13.4. The SMILES string of the molecule is Cc1ccc(NC(N)=NCc2nnc(C(C)(C)C)s2)cc1C.I. The molecule has 0 atom stereocenters. The Hall–Kier alpha value is -1.22. The van der Waals surface area contributed by atoms with Gasteiger partial charge in [-0.3, -0.25) is 0 Å². The van der Waals surface area contributed by atoms with Crippen LogP contribution < -0.4 is 11.1 Å². The minimum Gasteiger partial charge on any atom is -0.370 e. The summed E-state index contributed by atoms with van der Waals surface area (Å²) in [5.41, 5.74) is 9.36. The Bertz CT molecular complexity index is 688. The first kappa shape index (κ1) is 19.8. The standard InChI is InChI=1S/C16H23N5S.HI/c1-10-6-7-12(8-11(10)2)19-15(17)18-9-13-20-21-14(22-13)16(3,4)5;/h6-8H,9H2,1-5H3,(H3,17,18,19);1H. The fourth-order valence-electron chi connectivity index (χ4n) is 1.78. The van der Waals surface area contributed by atoms with Crippen molar-refractivity contribution in [1.29, 1.82) is 0 Å². The number of aromatic nitrogens is 2. The van der Waals surface area contributed by atoms with Gasteiger partial charge in [0.05, 0.1) is 6.54 Å². The van der Waals surface area contributed by atoms with Crippen molar-refractivity contribution in [3.05, 3.63) is 39.3 Å². The van der Waals surface area contributed by atoms with Gasteiger partial charge >= 0.3 is 0 Å². The molecule has 2 rings (SSSR count). The number of benzene rings is 1. The van der Waals surface area contributed by atoms with Gasteiger partial charge in [0, 0.05) is 11.1 Å². The lowest BCUT2D eigenvalue weighted by Gasteiger charge is -2.12. The highest BCUT2D eigenvalue weighted by atomic mass is 127. The van der Waals surface area contributed by atoms with Crippen molar-refractivity contribution < 1.29 is 0 Å². The normalized spacial score (nSPS) is 12.0. The highest BCUT2D eigenvalue weighted by Crippen LogP contribution is 2.25. The topological polar surface area (TPSA) is 76.2 Å². The summed E-state index contributed by atoms with van der Waals surface area (Å²) in [5.74, 6) is 0.385. The zero-order valence-electron chi connectivity index (χ0n) is 14.2. The minimum atomic E-state index is 0. The number of anilines is 1. The molecule has 7 heteroatoms. The van der Waals surface area contributed by atoms with Crippen LogP contribution in [0, 0.1) is 13.8 Å². The van der Waals surface area contributed by atoms with E-state index >= 15 is 0 Å². The molecule has 3 N–H and O–H groups in total. The van der Waals surface area contributed by atoms with Crippen molar-refractivity contribution >= 4 is 47.0 Å². The molecule has 0 saturated carbocycles. The summed E-state index contributed by atoms with van der Waals surface area (Å²) < 4.78 is 0. The number of nitrogens with two attached hydrogens (primary N) is 1. The number of nitrogens with zero attached hydrogens (tertiary/aromatic N) is 3. The molecule has 0 aliphatic heterocycles. The summed E-state index contributed by atoms with van der Waals surface area (Å²) in [4.78, 5) is 4.33. The minimum absolute atomic E-state index is 0. The number of aryl methyl sites for hydroxylation is 2. The maximum absolute atomic E-state index is 5.93. The van der Waals surface area contributed by atoms with Gasteiger partial charge in [-0.2, -0.15) is 0 Å². The lowest BCUT2D eigenvalue weighted by molar-refractivity contribution is 0.577. The smallest absolute Gasteiger partial charge is 0.193 e. The van der Waals surface area contributed by atoms with Crippen LogP contribution in [-0.4, -0.2) is 16.2 Å². The van der Waals surface area contributed by atoms with Crippen molar-refractivity contribution in [1.82, 2.24) is 10.2 Å². The van der Waals surface area contributed by atoms with E-state index in [4.69, 9.17) is 5.73 Å². The largest absolute Gasteiger partial charge is 0.370 e. The maximum Gasteiger partial charge on any atom is 0.193 e. The first-order valence-electron chi connectivity index (χ1n) is 7.23. The molecule has 0 aliphatic rings. The molecule has 5 nitrogen and oxygen atoms in total. The fraction of sp³-hybridized carbons (Fsp3) is 0.438. The third-order valence-electron chi connectivity index (χ3n) is 3.27. The number of halogens is 1. The number of hydrogen-bond acceptors (Lipinski definition) is 4. The number of aliphatic imine (C=N–C) groups is 1. The van der Waals surface area contributed by atoms with Gasteiger partial charge in [-0.25, -0.2) is 4.99 Å². The van der Waals surface area contributed by atoms with Crippen LogP contribution in [0.15, 0.2) is 23.2 Å². The molecule has 1 aromatic carbocycles. The van der Waals surface area contributed by atoms with E-state index < -0.39 is 0 Å². The third-order valence-corrected chi connectivity index (χ3v) is 4.61. The molecule has 0 aliphatic carbocycles. The third kappa shape index (κ3) is 5.72. The van der Waals surface area contributed by atoms with Crippen molar-refractivity contribution in [2.75, 3.05) is 5.32 Å². The Morgan fingerprint density at radius 3 is 2.48 bits per heavy atom. The van der Waals surface area contributed by atoms with Crippen LogP contribution in [-0.2, 0) is 12.0 Å². The number of rotatable bonds is 3. The van der Waals surface area contributed by atoms with Crippen molar-refractivity contribution in [2.24, 2.45) is 10.7 Å². The summed E-state index contributed by atoms with van der Waals surface area (Å²) in [7, 11) is 0. The molecule has 0 spiro atoms. The highest BCUT2D eigenvalue weighted by molar-refractivity contribution is 14.0. The van der Waals surface area contributed by atoms with Crippen LogP contribution in [0.3, 0.4) is 0 Å². The first-order chi connectivity index (χ1) is 10.3. The van der Waals surface area contributed by atoms with Gasteiger partial charge < -0.3 is 11.1 Å². The maximum atomic E-state index is 5.93. The highest BCUT2D eigenvalue weighted by Gasteiger charge is 2.19. The number of nitrogens with one attached hydrogen (secondary N) is 1. The molecule has 0 saturated heterocycles. The van der Waals surface area contributed by atoms with E-state index in [2.05, 4.69) is 67.3 Å². The van der Waals surface area contributed by atoms with Crippen molar-refractivity contribution in [3.8, 4) is 0 Å². The first-order valence-corrected chi connectivity index (χ1v) is 8.04. The monoisotopic (exact) mass is 445 g/mol. The molecule has 0 fully saturated rings. The Kier molecular flexibility index (Phi) is 6.94.